The normalized spacial score (nSPS) is 17.7. The molecule has 106 valence electrons. The van der Waals surface area contributed by atoms with Crippen LogP contribution in [0, 0.1) is 17.8 Å². The molecule has 1 aromatic carbocycles. The minimum Gasteiger partial charge on any atom is -0.395 e. The summed E-state index contributed by atoms with van der Waals surface area (Å²) in [6.45, 7) is 3.92. The van der Waals surface area contributed by atoms with E-state index in [1.54, 1.807) is 0 Å². The minimum absolute atomic E-state index is 0.0490. The highest BCUT2D eigenvalue weighted by atomic mass is 16.2. The third-order valence-corrected chi connectivity index (χ3v) is 3.77. The number of likely N-dealkylation sites (tertiary alicyclic amines) is 1. The van der Waals surface area contributed by atoms with Gasteiger partial charge in [0, 0.05) is 25.1 Å². The first kappa shape index (κ1) is 14.6. The second kappa shape index (κ2) is 7.12. The zero-order valence-corrected chi connectivity index (χ0v) is 11.9. The summed E-state index contributed by atoms with van der Waals surface area (Å²) in [7, 11) is 0. The zero-order valence-electron chi connectivity index (χ0n) is 11.9. The molecule has 1 unspecified atom stereocenters. The van der Waals surface area contributed by atoms with Gasteiger partial charge in [0.2, 0.25) is 0 Å². The van der Waals surface area contributed by atoms with E-state index >= 15 is 0 Å². The van der Waals surface area contributed by atoms with Crippen molar-refractivity contribution in [2.24, 2.45) is 5.92 Å². The van der Waals surface area contributed by atoms with Gasteiger partial charge in [-0.2, -0.15) is 0 Å². The van der Waals surface area contributed by atoms with Gasteiger partial charge in [-0.15, -0.1) is 0 Å². The molecule has 1 fully saturated rings. The first-order chi connectivity index (χ1) is 9.76. The van der Waals surface area contributed by atoms with Crippen LogP contribution in [0.15, 0.2) is 24.3 Å². The Kier molecular flexibility index (Phi) is 5.20. The standard InChI is InChI=1S/C17H21NO2/c1-2-14-10-11-18(13-14)17(20)16-9-4-3-7-15(16)8-5-6-12-19/h3-4,7,9,14,19H,2,6,10-13H2,1H3. The van der Waals surface area contributed by atoms with Gasteiger partial charge in [-0.05, 0) is 24.5 Å². The van der Waals surface area contributed by atoms with E-state index in [1.807, 2.05) is 29.2 Å². The molecule has 2 rings (SSSR count). The van der Waals surface area contributed by atoms with Gasteiger partial charge in [-0.1, -0.05) is 37.3 Å². The van der Waals surface area contributed by atoms with Crippen molar-refractivity contribution < 1.29 is 9.90 Å². The minimum atomic E-state index is 0.0490. The number of hydrogen-bond acceptors (Lipinski definition) is 2. The van der Waals surface area contributed by atoms with Crippen LogP contribution in [0.4, 0.5) is 0 Å². The summed E-state index contributed by atoms with van der Waals surface area (Å²) in [4.78, 5) is 14.5. The van der Waals surface area contributed by atoms with Crippen molar-refractivity contribution in [3.63, 3.8) is 0 Å². The van der Waals surface area contributed by atoms with Crippen LogP contribution in [0.3, 0.4) is 0 Å². The van der Waals surface area contributed by atoms with E-state index in [2.05, 4.69) is 18.8 Å². The Balaban J connectivity index is 2.16. The number of aliphatic hydroxyl groups is 1. The Morgan fingerprint density at radius 1 is 1.45 bits per heavy atom. The van der Waals surface area contributed by atoms with E-state index in [0.29, 0.717) is 17.9 Å². The summed E-state index contributed by atoms with van der Waals surface area (Å²) < 4.78 is 0. The molecule has 20 heavy (non-hydrogen) atoms. The number of nitrogens with zero attached hydrogens (tertiary/aromatic N) is 1. The van der Waals surface area contributed by atoms with Crippen molar-refractivity contribution in [3.8, 4) is 11.8 Å². The van der Waals surface area contributed by atoms with Gasteiger partial charge in [0.05, 0.1) is 12.2 Å². The van der Waals surface area contributed by atoms with Crippen LogP contribution in [-0.4, -0.2) is 35.6 Å². The summed E-state index contributed by atoms with van der Waals surface area (Å²) in [6, 6.07) is 7.46. The molecule has 0 bridgehead atoms. The molecular formula is C17H21NO2. The van der Waals surface area contributed by atoms with Gasteiger partial charge in [0.15, 0.2) is 0 Å². The summed E-state index contributed by atoms with van der Waals surface area (Å²) in [6.07, 6.45) is 2.66. The number of carbonyl (C=O) groups excluding carboxylic acids is 1. The fraction of sp³-hybridized carbons (Fsp3) is 0.471. The molecule has 3 nitrogen and oxygen atoms in total. The average Bonchev–Trinajstić information content (AvgIpc) is 2.96. The topological polar surface area (TPSA) is 40.5 Å². The Bertz CT molecular complexity index is 527. The lowest BCUT2D eigenvalue weighted by atomic mass is 10.1. The smallest absolute Gasteiger partial charge is 0.255 e. The van der Waals surface area contributed by atoms with E-state index < -0.39 is 0 Å². The van der Waals surface area contributed by atoms with Gasteiger partial charge in [-0.3, -0.25) is 4.79 Å². The molecule has 0 spiro atoms. The molecule has 1 N–H and O–H groups in total. The zero-order chi connectivity index (χ0) is 14.4. The lowest BCUT2D eigenvalue weighted by Gasteiger charge is -2.17. The first-order valence-electron chi connectivity index (χ1n) is 7.24. The number of carbonyl (C=O) groups is 1. The van der Waals surface area contributed by atoms with Gasteiger partial charge >= 0.3 is 0 Å². The second-order valence-corrected chi connectivity index (χ2v) is 5.14. The number of benzene rings is 1. The number of rotatable bonds is 3. The maximum Gasteiger partial charge on any atom is 0.255 e. The number of amides is 1. The van der Waals surface area contributed by atoms with Crippen LogP contribution < -0.4 is 0 Å². The van der Waals surface area contributed by atoms with E-state index in [4.69, 9.17) is 5.11 Å². The molecule has 1 saturated heterocycles. The van der Waals surface area contributed by atoms with Crippen LogP contribution in [-0.2, 0) is 0 Å². The number of aliphatic hydroxyl groups excluding tert-OH is 1. The lowest BCUT2D eigenvalue weighted by Crippen LogP contribution is -2.29. The predicted octanol–water partition coefficient (Wildman–Crippen LogP) is 2.29. The quantitative estimate of drug-likeness (QED) is 0.857. The van der Waals surface area contributed by atoms with Crippen LogP contribution in [0.2, 0.25) is 0 Å². The SMILES string of the molecule is CCC1CCN(C(=O)c2ccccc2C#CCCO)C1. The monoisotopic (exact) mass is 271 g/mol. The molecule has 1 aliphatic heterocycles. The van der Waals surface area contributed by atoms with Crippen LogP contribution in [0.1, 0.15) is 42.1 Å². The summed E-state index contributed by atoms with van der Waals surface area (Å²) in [5.41, 5.74) is 1.43. The summed E-state index contributed by atoms with van der Waals surface area (Å²) in [5.74, 6) is 6.58. The maximum absolute atomic E-state index is 12.6. The fourth-order valence-corrected chi connectivity index (χ4v) is 2.51. The van der Waals surface area contributed by atoms with Crippen LogP contribution in [0.25, 0.3) is 0 Å². The largest absolute Gasteiger partial charge is 0.395 e. The highest BCUT2D eigenvalue weighted by molar-refractivity contribution is 5.96. The van der Waals surface area contributed by atoms with Crippen molar-refractivity contribution in [2.75, 3.05) is 19.7 Å². The summed E-state index contributed by atoms with van der Waals surface area (Å²) in [5, 5.41) is 8.77. The molecule has 1 amide bonds. The third-order valence-electron chi connectivity index (χ3n) is 3.77. The predicted molar refractivity (Wildman–Crippen MR) is 79.3 cm³/mol. The molecule has 3 heteroatoms. The van der Waals surface area contributed by atoms with Crippen LogP contribution >= 0.6 is 0 Å². The average molecular weight is 271 g/mol. The van der Waals surface area contributed by atoms with Gasteiger partial charge < -0.3 is 10.0 Å². The molecule has 0 radical (unpaired) electrons. The van der Waals surface area contributed by atoms with Gasteiger partial charge in [0.1, 0.15) is 0 Å². The Hall–Kier alpha value is -1.79. The van der Waals surface area contributed by atoms with E-state index in [9.17, 15) is 4.79 Å². The third kappa shape index (κ3) is 3.40. The Morgan fingerprint density at radius 2 is 2.25 bits per heavy atom. The highest BCUT2D eigenvalue weighted by Gasteiger charge is 2.26. The van der Waals surface area contributed by atoms with Crippen molar-refractivity contribution in [3.05, 3.63) is 35.4 Å². The first-order valence-corrected chi connectivity index (χ1v) is 7.24. The van der Waals surface area contributed by atoms with E-state index in [1.165, 1.54) is 0 Å². The molecule has 1 heterocycles. The lowest BCUT2D eigenvalue weighted by molar-refractivity contribution is 0.0786. The van der Waals surface area contributed by atoms with Crippen molar-refractivity contribution >= 4 is 5.91 Å². The Labute approximate surface area is 120 Å². The summed E-state index contributed by atoms with van der Waals surface area (Å²) >= 11 is 0. The van der Waals surface area contributed by atoms with E-state index in [0.717, 1.165) is 31.5 Å². The maximum atomic E-state index is 12.6. The van der Waals surface area contributed by atoms with Gasteiger partial charge in [0.25, 0.3) is 5.91 Å². The number of hydrogen-bond donors (Lipinski definition) is 1. The Morgan fingerprint density at radius 3 is 2.95 bits per heavy atom. The van der Waals surface area contributed by atoms with E-state index in [-0.39, 0.29) is 12.5 Å². The second-order valence-electron chi connectivity index (χ2n) is 5.14. The molecule has 0 saturated carbocycles. The molecule has 0 aliphatic carbocycles. The molecule has 1 atom stereocenters. The van der Waals surface area contributed by atoms with Crippen molar-refractivity contribution in [1.82, 2.24) is 4.90 Å². The molecular weight excluding hydrogens is 250 g/mol. The molecule has 1 aromatic rings. The fourth-order valence-electron chi connectivity index (χ4n) is 2.51. The molecule has 1 aliphatic rings. The van der Waals surface area contributed by atoms with Crippen molar-refractivity contribution in [1.29, 1.82) is 0 Å². The van der Waals surface area contributed by atoms with Gasteiger partial charge in [-0.25, -0.2) is 0 Å². The van der Waals surface area contributed by atoms with Crippen molar-refractivity contribution in [2.45, 2.75) is 26.2 Å². The molecule has 0 aromatic heterocycles. The van der Waals surface area contributed by atoms with Crippen LogP contribution in [0.5, 0.6) is 0 Å². The highest BCUT2D eigenvalue weighted by Crippen LogP contribution is 2.22.